The van der Waals surface area contributed by atoms with Gasteiger partial charge in [0.15, 0.2) is 0 Å². The average molecular weight is 289 g/mol. The Labute approximate surface area is 111 Å². The molecule has 1 aromatic carbocycles. The monoisotopic (exact) mass is 289 g/mol. The first-order valence-corrected chi connectivity index (χ1v) is 4.97. The van der Waals surface area contributed by atoms with Gasteiger partial charge in [0, 0.05) is 46.8 Å². The Morgan fingerprint density at radius 2 is 1.50 bits per heavy atom. The fourth-order valence-corrected chi connectivity index (χ4v) is 1.73. The normalized spacial score (nSPS) is 10.2. The van der Waals surface area contributed by atoms with E-state index in [1.165, 1.54) is 18.4 Å². The molecule has 0 amide bonds. The predicted octanol–water partition coefficient (Wildman–Crippen LogP) is 1.38. The standard InChI is InChI=1S/C8H11NO2S.CH3.Y/c1-9(2)12(10,11)8-6-4-3-5-7-8;;/h3-7H,1-2H3;1H3;/q;-1;. The van der Waals surface area contributed by atoms with Crippen LogP contribution in [0.25, 0.3) is 0 Å². The molecule has 0 aliphatic heterocycles. The molecule has 0 saturated heterocycles. The second-order valence-corrected chi connectivity index (χ2v) is 4.75. The van der Waals surface area contributed by atoms with Crippen LogP contribution in [0.5, 0.6) is 0 Å². The van der Waals surface area contributed by atoms with Gasteiger partial charge in [0.2, 0.25) is 10.0 Å². The van der Waals surface area contributed by atoms with Crippen molar-refractivity contribution in [2.75, 3.05) is 14.1 Å². The van der Waals surface area contributed by atoms with Gasteiger partial charge in [-0.25, -0.2) is 12.7 Å². The Morgan fingerprint density at radius 1 is 1.07 bits per heavy atom. The van der Waals surface area contributed by atoms with Crippen LogP contribution >= 0.6 is 0 Å². The fourth-order valence-electron chi connectivity index (χ4n) is 0.803. The van der Waals surface area contributed by atoms with Crippen LogP contribution in [0.15, 0.2) is 35.2 Å². The van der Waals surface area contributed by atoms with Crippen LogP contribution in [0, 0.1) is 7.43 Å². The van der Waals surface area contributed by atoms with Gasteiger partial charge in [-0.1, -0.05) is 18.2 Å². The van der Waals surface area contributed by atoms with Gasteiger partial charge in [-0.3, -0.25) is 0 Å². The van der Waals surface area contributed by atoms with Gasteiger partial charge in [-0.05, 0) is 12.1 Å². The summed E-state index contributed by atoms with van der Waals surface area (Å²) in [6.45, 7) is 0. The van der Waals surface area contributed by atoms with E-state index >= 15 is 0 Å². The van der Waals surface area contributed by atoms with Crippen LogP contribution in [0.2, 0.25) is 0 Å². The molecule has 3 nitrogen and oxygen atoms in total. The topological polar surface area (TPSA) is 37.4 Å². The van der Waals surface area contributed by atoms with E-state index in [0.29, 0.717) is 4.90 Å². The molecule has 0 fully saturated rings. The van der Waals surface area contributed by atoms with E-state index in [4.69, 9.17) is 0 Å². The third-order valence-corrected chi connectivity index (χ3v) is 3.35. The zero-order chi connectivity index (χ0) is 9.19. The van der Waals surface area contributed by atoms with Crippen molar-refractivity contribution >= 4 is 10.0 Å². The summed E-state index contributed by atoms with van der Waals surface area (Å²) in [6.07, 6.45) is 0. The minimum Gasteiger partial charge on any atom is -0.358 e. The molecule has 0 aliphatic carbocycles. The second kappa shape index (κ2) is 6.67. The number of hydrogen-bond donors (Lipinski definition) is 0. The summed E-state index contributed by atoms with van der Waals surface area (Å²) in [5, 5.41) is 0. The van der Waals surface area contributed by atoms with E-state index in [0.717, 1.165) is 0 Å². The van der Waals surface area contributed by atoms with E-state index in [9.17, 15) is 8.42 Å². The molecule has 0 atom stereocenters. The smallest absolute Gasteiger partial charge is 0.242 e. The molecule has 0 aliphatic rings. The molecule has 0 N–H and O–H groups in total. The minimum atomic E-state index is -3.24. The van der Waals surface area contributed by atoms with Crippen molar-refractivity contribution in [3.8, 4) is 0 Å². The summed E-state index contributed by atoms with van der Waals surface area (Å²) >= 11 is 0. The summed E-state index contributed by atoms with van der Waals surface area (Å²) < 4.78 is 24.1. The van der Waals surface area contributed by atoms with Gasteiger partial charge in [0.25, 0.3) is 0 Å². The maximum absolute atomic E-state index is 11.5. The van der Waals surface area contributed by atoms with Crippen LogP contribution in [0.4, 0.5) is 0 Å². The van der Waals surface area contributed by atoms with Gasteiger partial charge >= 0.3 is 0 Å². The molecule has 5 heteroatoms. The molecule has 0 saturated carbocycles. The molecular weight excluding hydrogens is 275 g/mol. The van der Waals surface area contributed by atoms with Crippen molar-refractivity contribution in [1.29, 1.82) is 0 Å². The number of nitrogens with zero attached hydrogens (tertiary/aromatic N) is 1. The third kappa shape index (κ3) is 3.77. The maximum Gasteiger partial charge on any atom is 0.242 e. The van der Waals surface area contributed by atoms with Gasteiger partial charge < -0.3 is 7.43 Å². The zero-order valence-electron chi connectivity index (χ0n) is 8.64. The average Bonchev–Trinajstić information content (AvgIpc) is 2.06. The van der Waals surface area contributed by atoms with Crippen molar-refractivity contribution in [3.63, 3.8) is 0 Å². The maximum atomic E-state index is 11.5. The molecule has 14 heavy (non-hydrogen) atoms. The molecule has 1 radical (unpaired) electrons. The molecule has 1 aromatic rings. The van der Waals surface area contributed by atoms with Crippen molar-refractivity contribution in [2.24, 2.45) is 0 Å². The molecule has 77 valence electrons. The van der Waals surface area contributed by atoms with E-state index in [1.54, 1.807) is 30.3 Å². The molecule has 0 spiro atoms. The molecule has 0 heterocycles. The summed E-state index contributed by atoms with van der Waals surface area (Å²) in [4.78, 5) is 0.329. The second-order valence-electron chi connectivity index (χ2n) is 2.60. The van der Waals surface area contributed by atoms with Crippen LogP contribution < -0.4 is 0 Å². The SMILES string of the molecule is CN(C)S(=O)(=O)c1ccccc1.[CH3-].[Y]. The summed E-state index contributed by atoms with van der Waals surface area (Å²) in [5.41, 5.74) is 0. The Balaban J connectivity index is 0. The molecular formula is C9H14NO2SY-. The first kappa shape index (κ1) is 16.7. The molecule has 0 aromatic heterocycles. The van der Waals surface area contributed by atoms with E-state index < -0.39 is 10.0 Å². The van der Waals surface area contributed by atoms with Crippen LogP contribution in [-0.2, 0) is 42.7 Å². The summed E-state index contributed by atoms with van der Waals surface area (Å²) in [6, 6.07) is 8.35. The van der Waals surface area contributed by atoms with Gasteiger partial charge in [0.1, 0.15) is 0 Å². The van der Waals surface area contributed by atoms with Crippen molar-refractivity contribution < 1.29 is 41.1 Å². The van der Waals surface area contributed by atoms with E-state index in [1.807, 2.05) is 0 Å². The Kier molecular flexibility index (Phi) is 7.93. The quantitative estimate of drug-likeness (QED) is 0.771. The zero-order valence-corrected chi connectivity index (χ0v) is 12.3. The Hall–Kier alpha value is 0.234. The fraction of sp³-hybridized carbons (Fsp3) is 0.222. The summed E-state index contributed by atoms with van der Waals surface area (Å²) in [5.74, 6) is 0. The molecule has 0 bridgehead atoms. The summed E-state index contributed by atoms with van der Waals surface area (Å²) in [7, 11) is -0.211. The number of benzene rings is 1. The van der Waals surface area contributed by atoms with E-state index in [-0.39, 0.29) is 40.1 Å². The van der Waals surface area contributed by atoms with Gasteiger partial charge in [-0.15, -0.1) is 0 Å². The number of rotatable bonds is 2. The Morgan fingerprint density at radius 3 is 1.86 bits per heavy atom. The number of sulfonamides is 1. The first-order valence-electron chi connectivity index (χ1n) is 3.53. The molecule has 0 unspecified atom stereocenters. The predicted molar refractivity (Wildman–Crippen MR) is 53.7 cm³/mol. The van der Waals surface area contributed by atoms with Crippen molar-refractivity contribution in [1.82, 2.24) is 4.31 Å². The molecule has 1 rings (SSSR count). The van der Waals surface area contributed by atoms with Crippen LogP contribution in [-0.4, -0.2) is 26.8 Å². The van der Waals surface area contributed by atoms with Crippen LogP contribution in [0.1, 0.15) is 0 Å². The number of hydrogen-bond acceptors (Lipinski definition) is 2. The van der Waals surface area contributed by atoms with Crippen molar-refractivity contribution in [2.45, 2.75) is 4.90 Å². The minimum absolute atomic E-state index is 0. The van der Waals surface area contributed by atoms with Crippen molar-refractivity contribution in [3.05, 3.63) is 37.8 Å². The third-order valence-electron chi connectivity index (χ3n) is 1.52. The van der Waals surface area contributed by atoms with Crippen LogP contribution in [0.3, 0.4) is 0 Å². The Bertz CT molecular complexity index is 348. The largest absolute Gasteiger partial charge is 0.358 e. The first-order chi connectivity index (χ1) is 5.55. The van der Waals surface area contributed by atoms with Gasteiger partial charge in [-0.2, -0.15) is 0 Å². The van der Waals surface area contributed by atoms with Gasteiger partial charge in [0.05, 0.1) is 4.90 Å². The van der Waals surface area contributed by atoms with E-state index in [2.05, 4.69) is 0 Å².